The molecule has 0 amide bonds. The van der Waals surface area contributed by atoms with Gasteiger partial charge in [-0.15, -0.1) is 0 Å². The van der Waals surface area contributed by atoms with Crippen LogP contribution in [0.15, 0.2) is 42.5 Å². The highest BCUT2D eigenvalue weighted by Crippen LogP contribution is 2.44. The molecule has 0 bridgehead atoms. The van der Waals surface area contributed by atoms with Gasteiger partial charge in [0.05, 0.1) is 0 Å². The molecule has 0 atom stereocenters. The van der Waals surface area contributed by atoms with Crippen molar-refractivity contribution in [1.29, 1.82) is 0 Å². The summed E-state index contributed by atoms with van der Waals surface area (Å²) in [6, 6.07) is 16.0. The summed E-state index contributed by atoms with van der Waals surface area (Å²) in [7, 11) is 0. The Balaban J connectivity index is 2.12. The van der Waals surface area contributed by atoms with Crippen molar-refractivity contribution in [2.75, 3.05) is 0 Å². The third-order valence-electron chi connectivity index (χ3n) is 2.08. The first kappa shape index (κ1) is 7.44. The molecule has 14 heavy (non-hydrogen) atoms. The van der Waals surface area contributed by atoms with Gasteiger partial charge in [0.2, 0.25) is 0 Å². The van der Waals surface area contributed by atoms with Gasteiger partial charge in [0.25, 0.3) is 0 Å². The van der Waals surface area contributed by atoms with E-state index >= 15 is 0 Å². The van der Waals surface area contributed by atoms with E-state index in [1.807, 2.05) is 30.3 Å². The summed E-state index contributed by atoms with van der Waals surface area (Å²) < 4.78 is 11.3. The van der Waals surface area contributed by atoms with E-state index in [0.717, 1.165) is 17.2 Å². The molecule has 67 valence electrons. The Morgan fingerprint density at radius 1 is 0.786 bits per heavy atom. The van der Waals surface area contributed by atoms with Gasteiger partial charge in [-0.25, -0.2) is 0 Å². The van der Waals surface area contributed by atoms with Crippen molar-refractivity contribution in [3.05, 3.63) is 48.5 Å². The van der Waals surface area contributed by atoms with Crippen LogP contribution in [0, 0.1) is 6.07 Å². The second-order valence-electron chi connectivity index (χ2n) is 3.02. The van der Waals surface area contributed by atoms with Gasteiger partial charge in [-0.2, -0.15) is 0 Å². The van der Waals surface area contributed by atoms with Gasteiger partial charge >= 0.3 is 0 Å². The van der Waals surface area contributed by atoms with Gasteiger partial charge in [-0.1, -0.05) is 18.2 Å². The smallest absolute Gasteiger partial charge is 0.170 e. The molecule has 2 aromatic carbocycles. The minimum Gasteiger partial charge on any atom is -0.450 e. The largest absolute Gasteiger partial charge is 0.450 e. The van der Waals surface area contributed by atoms with E-state index in [1.54, 1.807) is 12.1 Å². The first-order valence-electron chi connectivity index (χ1n) is 4.38. The molecule has 2 heteroatoms. The van der Waals surface area contributed by atoms with E-state index in [0.29, 0.717) is 5.75 Å². The molecule has 2 nitrogen and oxygen atoms in total. The molecule has 0 aliphatic carbocycles. The van der Waals surface area contributed by atoms with Crippen molar-refractivity contribution in [3.8, 4) is 23.0 Å². The summed E-state index contributed by atoms with van der Waals surface area (Å²) in [5, 5.41) is 0. The van der Waals surface area contributed by atoms with Crippen LogP contribution in [0.3, 0.4) is 0 Å². The summed E-state index contributed by atoms with van der Waals surface area (Å²) in [5.41, 5.74) is 0. The SMILES string of the molecule is [c]1ccc2c(c1)Oc1ccccc1O2. The van der Waals surface area contributed by atoms with Crippen LogP contribution in [-0.2, 0) is 0 Å². The lowest BCUT2D eigenvalue weighted by Gasteiger charge is -2.19. The van der Waals surface area contributed by atoms with Gasteiger partial charge in [0.1, 0.15) is 0 Å². The van der Waals surface area contributed by atoms with Crippen molar-refractivity contribution in [2.45, 2.75) is 0 Å². The van der Waals surface area contributed by atoms with Crippen LogP contribution in [-0.4, -0.2) is 0 Å². The highest BCUT2D eigenvalue weighted by molar-refractivity contribution is 5.53. The molecule has 1 aliphatic heterocycles. The van der Waals surface area contributed by atoms with Crippen molar-refractivity contribution >= 4 is 0 Å². The van der Waals surface area contributed by atoms with E-state index < -0.39 is 0 Å². The van der Waals surface area contributed by atoms with Gasteiger partial charge in [-0.05, 0) is 30.3 Å². The van der Waals surface area contributed by atoms with Crippen molar-refractivity contribution in [3.63, 3.8) is 0 Å². The monoisotopic (exact) mass is 183 g/mol. The van der Waals surface area contributed by atoms with E-state index in [2.05, 4.69) is 6.07 Å². The molecule has 2 aromatic rings. The molecule has 0 saturated carbocycles. The number of fused-ring (bicyclic) bond motifs is 2. The fraction of sp³-hybridized carbons (Fsp3) is 0. The highest BCUT2D eigenvalue weighted by atomic mass is 16.6. The third kappa shape index (κ3) is 1.04. The van der Waals surface area contributed by atoms with E-state index in [-0.39, 0.29) is 0 Å². The third-order valence-corrected chi connectivity index (χ3v) is 2.08. The standard InChI is InChI=1S/C12H7O2/c1-2-6-10-9(5-1)13-11-7-3-4-8-12(11)14-10/h1-3,5-8H. The molecule has 0 spiro atoms. The quantitative estimate of drug-likeness (QED) is 0.531. The summed E-state index contributed by atoms with van der Waals surface area (Å²) >= 11 is 0. The zero-order valence-electron chi connectivity index (χ0n) is 7.36. The van der Waals surface area contributed by atoms with E-state index in [4.69, 9.17) is 9.47 Å². The Hall–Kier alpha value is -1.96. The maximum atomic E-state index is 5.63. The summed E-state index contributed by atoms with van der Waals surface area (Å²) in [6.07, 6.45) is 0. The lowest BCUT2D eigenvalue weighted by atomic mass is 10.2. The van der Waals surface area contributed by atoms with Crippen molar-refractivity contribution in [2.24, 2.45) is 0 Å². The molecular weight excluding hydrogens is 176 g/mol. The molecule has 1 radical (unpaired) electrons. The normalized spacial score (nSPS) is 12.0. The number of para-hydroxylation sites is 2. The zero-order chi connectivity index (χ0) is 9.38. The van der Waals surface area contributed by atoms with Crippen LogP contribution in [0.1, 0.15) is 0 Å². The van der Waals surface area contributed by atoms with Crippen LogP contribution in [0.4, 0.5) is 0 Å². The summed E-state index contributed by atoms with van der Waals surface area (Å²) in [5.74, 6) is 2.96. The van der Waals surface area contributed by atoms with E-state index in [1.165, 1.54) is 0 Å². The second kappa shape index (κ2) is 2.77. The molecule has 0 N–H and O–H groups in total. The Bertz CT molecular complexity index is 390. The second-order valence-corrected chi connectivity index (χ2v) is 3.02. The lowest BCUT2D eigenvalue weighted by Crippen LogP contribution is -1.97. The van der Waals surface area contributed by atoms with Gasteiger partial charge in [0.15, 0.2) is 23.0 Å². The van der Waals surface area contributed by atoms with Crippen LogP contribution >= 0.6 is 0 Å². The molecule has 3 rings (SSSR count). The van der Waals surface area contributed by atoms with Gasteiger partial charge < -0.3 is 9.47 Å². The fourth-order valence-electron chi connectivity index (χ4n) is 1.42. The van der Waals surface area contributed by atoms with Crippen LogP contribution in [0.5, 0.6) is 23.0 Å². The lowest BCUT2D eigenvalue weighted by molar-refractivity contribution is 0.359. The van der Waals surface area contributed by atoms with E-state index in [9.17, 15) is 0 Å². The Morgan fingerprint density at radius 2 is 1.43 bits per heavy atom. The average Bonchev–Trinajstić information content (AvgIpc) is 2.26. The minimum absolute atomic E-state index is 0.714. The fourth-order valence-corrected chi connectivity index (χ4v) is 1.42. The Morgan fingerprint density at radius 3 is 2.21 bits per heavy atom. The molecule has 0 unspecified atom stereocenters. The molecular formula is C12H7O2. The predicted molar refractivity (Wildman–Crippen MR) is 51.9 cm³/mol. The van der Waals surface area contributed by atoms with Gasteiger partial charge in [-0.3, -0.25) is 0 Å². The number of rotatable bonds is 0. The maximum Gasteiger partial charge on any atom is 0.170 e. The first-order chi connectivity index (χ1) is 6.93. The zero-order valence-corrected chi connectivity index (χ0v) is 7.36. The Labute approximate surface area is 81.7 Å². The van der Waals surface area contributed by atoms with Crippen LogP contribution < -0.4 is 9.47 Å². The number of hydrogen-bond acceptors (Lipinski definition) is 2. The molecule has 0 saturated heterocycles. The Kier molecular flexibility index (Phi) is 1.47. The number of benzene rings is 2. The predicted octanol–water partition coefficient (Wildman–Crippen LogP) is 3.38. The molecule has 0 aromatic heterocycles. The van der Waals surface area contributed by atoms with Crippen LogP contribution in [0.25, 0.3) is 0 Å². The molecule has 1 heterocycles. The van der Waals surface area contributed by atoms with Crippen molar-refractivity contribution < 1.29 is 9.47 Å². The number of hydrogen-bond donors (Lipinski definition) is 0. The number of ether oxygens (including phenoxy) is 2. The molecule has 1 aliphatic rings. The van der Waals surface area contributed by atoms with Crippen LogP contribution in [0.2, 0.25) is 0 Å². The first-order valence-corrected chi connectivity index (χ1v) is 4.38. The summed E-state index contributed by atoms with van der Waals surface area (Å²) in [6.45, 7) is 0. The maximum absolute atomic E-state index is 5.63. The highest BCUT2D eigenvalue weighted by Gasteiger charge is 2.16. The topological polar surface area (TPSA) is 18.5 Å². The minimum atomic E-state index is 0.714. The average molecular weight is 183 g/mol. The summed E-state index contributed by atoms with van der Waals surface area (Å²) in [4.78, 5) is 0. The molecule has 0 fully saturated rings. The van der Waals surface area contributed by atoms with Gasteiger partial charge in [0, 0.05) is 0 Å². The van der Waals surface area contributed by atoms with Crippen molar-refractivity contribution in [1.82, 2.24) is 0 Å².